The lowest BCUT2D eigenvalue weighted by Crippen LogP contribution is -1.97. The van der Waals surface area contributed by atoms with Gasteiger partial charge in [0.1, 0.15) is 0 Å². The lowest BCUT2D eigenvalue weighted by Gasteiger charge is -2.01. The van der Waals surface area contributed by atoms with Crippen molar-refractivity contribution in [2.24, 2.45) is 5.73 Å². The molecule has 0 bridgehead atoms. The van der Waals surface area contributed by atoms with Gasteiger partial charge in [0.2, 0.25) is 0 Å². The molecule has 86 valence electrons. The number of nitrogens with zero attached hydrogens (tertiary/aromatic N) is 2. The summed E-state index contributed by atoms with van der Waals surface area (Å²) in [4.78, 5) is 5.62. The number of pyridine rings is 1. The van der Waals surface area contributed by atoms with E-state index in [-0.39, 0.29) is 0 Å². The van der Waals surface area contributed by atoms with Crippen LogP contribution in [0.15, 0.2) is 40.4 Å². The van der Waals surface area contributed by atoms with Crippen LogP contribution in [0.2, 0.25) is 0 Å². The Bertz CT molecular complexity index is 671. The molecule has 0 atom stereocenters. The molecule has 3 nitrogen and oxygen atoms in total. The first kappa shape index (κ1) is 11.0. The minimum atomic E-state index is 0.557. The van der Waals surface area contributed by atoms with Gasteiger partial charge in [0.05, 0.1) is 20.4 Å². The summed E-state index contributed by atoms with van der Waals surface area (Å²) in [6.45, 7) is 0.557. The van der Waals surface area contributed by atoms with Gasteiger partial charge in [-0.05, 0) is 45.8 Å². The Morgan fingerprint density at radius 1 is 1.35 bits per heavy atom. The third-order valence-corrected chi connectivity index (χ3v) is 4.25. The first-order valence-corrected chi connectivity index (χ1v) is 6.80. The molecule has 5 heteroatoms. The SMILES string of the molecule is NCc1ccn2c(-c3ccc(Br)s3)ncc2c1. The van der Waals surface area contributed by atoms with Crippen molar-refractivity contribution in [3.05, 3.63) is 46.0 Å². The second kappa shape index (κ2) is 4.25. The summed E-state index contributed by atoms with van der Waals surface area (Å²) in [7, 11) is 0. The van der Waals surface area contributed by atoms with Gasteiger partial charge >= 0.3 is 0 Å². The summed E-state index contributed by atoms with van der Waals surface area (Å²) in [5.74, 6) is 0.972. The zero-order chi connectivity index (χ0) is 11.8. The number of nitrogens with two attached hydrogens (primary N) is 1. The van der Waals surface area contributed by atoms with E-state index >= 15 is 0 Å². The van der Waals surface area contributed by atoms with Crippen LogP contribution in [0.25, 0.3) is 16.2 Å². The first-order chi connectivity index (χ1) is 8.28. The van der Waals surface area contributed by atoms with Crippen molar-refractivity contribution in [3.8, 4) is 10.7 Å². The van der Waals surface area contributed by atoms with Crippen molar-refractivity contribution >= 4 is 32.8 Å². The molecule has 0 radical (unpaired) electrons. The van der Waals surface area contributed by atoms with Crippen LogP contribution in [0.3, 0.4) is 0 Å². The van der Waals surface area contributed by atoms with E-state index in [9.17, 15) is 0 Å². The molecule has 17 heavy (non-hydrogen) atoms. The molecule has 0 fully saturated rings. The largest absolute Gasteiger partial charge is 0.326 e. The van der Waals surface area contributed by atoms with Gasteiger partial charge in [-0.25, -0.2) is 4.98 Å². The van der Waals surface area contributed by atoms with E-state index in [0.717, 1.165) is 25.6 Å². The van der Waals surface area contributed by atoms with Crippen LogP contribution in [-0.4, -0.2) is 9.38 Å². The maximum absolute atomic E-state index is 5.63. The molecular formula is C12H10BrN3S. The fraction of sp³-hybridized carbons (Fsp3) is 0.0833. The highest BCUT2D eigenvalue weighted by Crippen LogP contribution is 2.30. The van der Waals surface area contributed by atoms with Gasteiger partial charge in [0, 0.05) is 12.7 Å². The molecule has 0 unspecified atom stereocenters. The summed E-state index contributed by atoms with van der Waals surface area (Å²) in [6, 6.07) is 8.20. The van der Waals surface area contributed by atoms with Gasteiger partial charge in [-0.3, -0.25) is 4.40 Å². The fourth-order valence-electron chi connectivity index (χ4n) is 1.79. The Morgan fingerprint density at radius 3 is 2.94 bits per heavy atom. The molecule has 3 aromatic rings. The van der Waals surface area contributed by atoms with Gasteiger partial charge in [-0.2, -0.15) is 0 Å². The van der Waals surface area contributed by atoms with Crippen LogP contribution in [-0.2, 0) is 6.54 Å². The molecule has 0 aliphatic heterocycles. The molecule has 0 aliphatic carbocycles. The highest BCUT2D eigenvalue weighted by Gasteiger charge is 2.08. The molecule has 3 rings (SSSR count). The topological polar surface area (TPSA) is 43.3 Å². The Kier molecular flexibility index (Phi) is 2.74. The number of hydrogen-bond donors (Lipinski definition) is 1. The lowest BCUT2D eigenvalue weighted by molar-refractivity contribution is 1.05. The Hall–Kier alpha value is -1.17. The molecule has 0 aromatic carbocycles. The van der Waals surface area contributed by atoms with E-state index in [2.05, 4.69) is 37.4 Å². The standard InChI is InChI=1S/C12H10BrN3S/c13-11-2-1-10(17-11)12-15-7-9-5-8(6-14)3-4-16(9)12/h1-5,7H,6,14H2. The quantitative estimate of drug-likeness (QED) is 0.789. The third-order valence-electron chi connectivity index (χ3n) is 2.63. The van der Waals surface area contributed by atoms with Crippen molar-refractivity contribution in [2.75, 3.05) is 0 Å². The Labute approximate surface area is 111 Å². The summed E-state index contributed by atoms with van der Waals surface area (Å²) < 4.78 is 3.19. The maximum Gasteiger partial charge on any atom is 0.154 e. The van der Waals surface area contributed by atoms with Crippen molar-refractivity contribution in [1.82, 2.24) is 9.38 Å². The van der Waals surface area contributed by atoms with Crippen molar-refractivity contribution < 1.29 is 0 Å². The zero-order valence-electron chi connectivity index (χ0n) is 8.93. The van der Waals surface area contributed by atoms with Crippen LogP contribution in [0.4, 0.5) is 0 Å². The van der Waals surface area contributed by atoms with Crippen LogP contribution in [0.5, 0.6) is 0 Å². The van der Waals surface area contributed by atoms with Gasteiger partial charge in [0.15, 0.2) is 5.82 Å². The van der Waals surface area contributed by atoms with Gasteiger partial charge < -0.3 is 5.73 Å². The summed E-state index contributed by atoms with van der Waals surface area (Å²) >= 11 is 5.15. The summed E-state index contributed by atoms with van der Waals surface area (Å²) in [6.07, 6.45) is 3.90. The van der Waals surface area contributed by atoms with Crippen LogP contribution in [0, 0.1) is 0 Å². The van der Waals surface area contributed by atoms with E-state index in [0.29, 0.717) is 6.54 Å². The monoisotopic (exact) mass is 307 g/mol. The highest BCUT2D eigenvalue weighted by molar-refractivity contribution is 9.11. The minimum Gasteiger partial charge on any atom is -0.326 e. The average Bonchev–Trinajstić information content (AvgIpc) is 2.93. The molecule has 0 saturated carbocycles. The third kappa shape index (κ3) is 1.90. The van der Waals surface area contributed by atoms with E-state index in [4.69, 9.17) is 5.73 Å². The normalized spacial score (nSPS) is 11.2. The van der Waals surface area contributed by atoms with E-state index in [1.54, 1.807) is 11.3 Å². The lowest BCUT2D eigenvalue weighted by atomic mass is 10.2. The second-order valence-electron chi connectivity index (χ2n) is 3.72. The van der Waals surface area contributed by atoms with Crippen LogP contribution >= 0.6 is 27.3 Å². The summed E-state index contributed by atoms with van der Waals surface area (Å²) in [5, 5.41) is 0. The van der Waals surface area contributed by atoms with Crippen molar-refractivity contribution in [2.45, 2.75) is 6.54 Å². The van der Waals surface area contributed by atoms with Gasteiger partial charge in [0.25, 0.3) is 0 Å². The van der Waals surface area contributed by atoms with Crippen LogP contribution in [0.1, 0.15) is 5.56 Å². The number of hydrogen-bond acceptors (Lipinski definition) is 3. The molecule has 3 heterocycles. The van der Waals surface area contributed by atoms with E-state index in [1.807, 2.05) is 24.5 Å². The van der Waals surface area contributed by atoms with E-state index in [1.165, 1.54) is 0 Å². The molecule has 2 N–H and O–H groups in total. The number of thiophene rings is 1. The predicted octanol–water partition coefficient (Wildman–Crippen LogP) is 3.28. The predicted molar refractivity (Wildman–Crippen MR) is 74.1 cm³/mol. The zero-order valence-corrected chi connectivity index (χ0v) is 11.3. The van der Waals surface area contributed by atoms with Gasteiger partial charge in [-0.1, -0.05) is 0 Å². The number of halogens is 1. The van der Waals surface area contributed by atoms with Crippen molar-refractivity contribution in [1.29, 1.82) is 0 Å². The first-order valence-electron chi connectivity index (χ1n) is 5.19. The molecule has 0 saturated heterocycles. The Morgan fingerprint density at radius 2 is 2.24 bits per heavy atom. The smallest absolute Gasteiger partial charge is 0.154 e. The van der Waals surface area contributed by atoms with Gasteiger partial charge in [-0.15, -0.1) is 11.3 Å². The summed E-state index contributed by atoms with van der Waals surface area (Å²) in [5.41, 5.74) is 7.83. The van der Waals surface area contributed by atoms with Crippen molar-refractivity contribution in [3.63, 3.8) is 0 Å². The molecule has 0 spiro atoms. The van der Waals surface area contributed by atoms with E-state index < -0.39 is 0 Å². The second-order valence-corrected chi connectivity index (χ2v) is 6.18. The number of rotatable bonds is 2. The molecular weight excluding hydrogens is 298 g/mol. The minimum absolute atomic E-state index is 0.557. The number of fused-ring (bicyclic) bond motifs is 1. The number of imidazole rings is 1. The average molecular weight is 308 g/mol. The molecule has 3 aromatic heterocycles. The Balaban J connectivity index is 2.18. The fourth-order valence-corrected chi connectivity index (χ4v) is 3.17. The molecule has 0 aliphatic rings. The van der Waals surface area contributed by atoms with Crippen LogP contribution < -0.4 is 5.73 Å². The maximum atomic E-state index is 5.63. The number of aromatic nitrogens is 2. The molecule has 0 amide bonds. The highest BCUT2D eigenvalue weighted by atomic mass is 79.9.